The first-order chi connectivity index (χ1) is 13.1. The summed E-state index contributed by atoms with van der Waals surface area (Å²) in [5, 5.41) is 14.0. The average Bonchev–Trinajstić information content (AvgIpc) is 2.69. The molecule has 0 saturated heterocycles. The van der Waals surface area contributed by atoms with Crippen LogP contribution in [0.1, 0.15) is 59.9 Å². The first-order valence-corrected chi connectivity index (χ1v) is 9.30. The lowest BCUT2D eigenvalue weighted by Crippen LogP contribution is -2.26. The van der Waals surface area contributed by atoms with Gasteiger partial charge in [0.15, 0.2) is 17.3 Å². The molecule has 27 heavy (non-hydrogen) atoms. The highest BCUT2D eigenvalue weighted by Gasteiger charge is 2.09. The quantitative estimate of drug-likeness (QED) is 0.572. The molecule has 0 bridgehead atoms. The Bertz CT molecular complexity index is 844. The molecule has 0 fully saturated rings. The lowest BCUT2D eigenvalue weighted by atomic mass is 9.97. The Balaban J connectivity index is 1.53. The van der Waals surface area contributed by atoms with Gasteiger partial charge in [-0.3, -0.25) is 9.59 Å². The number of benzene rings is 1. The van der Waals surface area contributed by atoms with Crippen molar-refractivity contribution in [2.75, 3.05) is 11.9 Å². The fourth-order valence-electron chi connectivity index (χ4n) is 3.04. The molecule has 1 aliphatic rings. The van der Waals surface area contributed by atoms with Gasteiger partial charge >= 0.3 is 0 Å². The smallest absolute Gasteiger partial charge is 0.271 e. The van der Waals surface area contributed by atoms with E-state index in [9.17, 15) is 9.59 Å². The van der Waals surface area contributed by atoms with Crippen LogP contribution in [0.2, 0.25) is 0 Å². The van der Waals surface area contributed by atoms with Crippen molar-refractivity contribution < 1.29 is 9.59 Å². The minimum atomic E-state index is -0.218. The molecule has 2 aromatic rings. The first-order valence-electron chi connectivity index (χ1n) is 9.30. The van der Waals surface area contributed by atoms with Crippen LogP contribution in [0, 0.1) is 0 Å². The van der Waals surface area contributed by atoms with Gasteiger partial charge in [-0.15, -0.1) is 10.2 Å². The summed E-state index contributed by atoms with van der Waals surface area (Å²) in [5.74, 6) is 0.296. The molecule has 6 heteroatoms. The van der Waals surface area contributed by atoms with Gasteiger partial charge in [-0.25, -0.2) is 0 Å². The molecule has 1 aromatic carbocycles. The van der Waals surface area contributed by atoms with E-state index in [-0.39, 0.29) is 17.4 Å². The van der Waals surface area contributed by atoms with E-state index < -0.39 is 0 Å². The zero-order valence-corrected chi connectivity index (χ0v) is 15.5. The zero-order chi connectivity index (χ0) is 19.1. The SMILES string of the molecule is CC(=O)c1cccc(Nc2ccc(C(=O)NCCC3=CCCCC3)nn2)c1. The lowest BCUT2D eigenvalue weighted by molar-refractivity contribution is 0.0947. The summed E-state index contributed by atoms with van der Waals surface area (Å²) in [7, 11) is 0. The summed E-state index contributed by atoms with van der Waals surface area (Å²) in [6, 6.07) is 10.5. The number of ketones is 1. The van der Waals surface area contributed by atoms with Gasteiger partial charge in [0, 0.05) is 17.8 Å². The van der Waals surface area contributed by atoms with E-state index in [1.807, 2.05) is 6.07 Å². The summed E-state index contributed by atoms with van der Waals surface area (Å²) in [5.41, 5.74) is 3.09. The van der Waals surface area contributed by atoms with Crippen molar-refractivity contribution in [3.05, 3.63) is 59.3 Å². The predicted molar refractivity (Wildman–Crippen MR) is 105 cm³/mol. The molecule has 0 saturated carbocycles. The van der Waals surface area contributed by atoms with Gasteiger partial charge in [0.05, 0.1) is 0 Å². The predicted octanol–water partition coefficient (Wildman–Crippen LogP) is 4.04. The molecule has 1 amide bonds. The van der Waals surface area contributed by atoms with E-state index in [0.717, 1.165) is 24.9 Å². The molecule has 0 atom stereocenters. The number of hydrogen-bond acceptors (Lipinski definition) is 5. The Labute approximate surface area is 159 Å². The highest BCUT2D eigenvalue weighted by Crippen LogP contribution is 2.19. The van der Waals surface area contributed by atoms with E-state index >= 15 is 0 Å². The number of nitrogens with one attached hydrogen (secondary N) is 2. The summed E-state index contributed by atoms with van der Waals surface area (Å²) < 4.78 is 0. The Morgan fingerprint density at radius 3 is 2.70 bits per heavy atom. The van der Waals surface area contributed by atoms with Crippen LogP contribution < -0.4 is 10.6 Å². The van der Waals surface area contributed by atoms with E-state index in [4.69, 9.17) is 0 Å². The number of allylic oxidation sites excluding steroid dienone is 1. The maximum absolute atomic E-state index is 12.2. The van der Waals surface area contributed by atoms with Crippen LogP contribution in [-0.4, -0.2) is 28.4 Å². The summed E-state index contributed by atoms with van der Waals surface area (Å²) in [4.78, 5) is 23.6. The lowest BCUT2D eigenvalue weighted by Gasteiger charge is -2.12. The maximum Gasteiger partial charge on any atom is 0.271 e. The standard InChI is InChI=1S/C21H24N4O2/c1-15(26)17-8-5-9-18(14-17)23-20-11-10-19(24-25-20)21(27)22-13-12-16-6-3-2-4-7-16/h5-6,8-11,14H,2-4,7,12-13H2,1H3,(H,22,27)(H,23,25). The Morgan fingerprint density at radius 2 is 2.00 bits per heavy atom. The van der Waals surface area contributed by atoms with E-state index in [2.05, 4.69) is 26.9 Å². The molecule has 3 rings (SSSR count). The third-order valence-electron chi connectivity index (χ3n) is 4.56. The van der Waals surface area contributed by atoms with Crippen LogP contribution in [0.15, 0.2) is 48.0 Å². The van der Waals surface area contributed by atoms with E-state index in [1.165, 1.54) is 25.3 Å². The molecular formula is C21H24N4O2. The third-order valence-corrected chi connectivity index (χ3v) is 4.56. The fraction of sp³-hybridized carbons (Fsp3) is 0.333. The number of hydrogen-bond donors (Lipinski definition) is 2. The van der Waals surface area contributed by atoms with Gasteiger partial charge in [-0.1, -0.05) is 23.8 Å². The summed E-state index contributed by atoms with van der Waals surface area (Å²) >= 11 is 0. The van der Waals surface area contributed by atoms with Gasteiger partial charge in [0.25, 0.3) is 5.91 Å². The normalized spacial score (nSPS) is 13.6. The number of nitrogens with zero attached hydrogens (tertiary/aromatic N) is 2. The molecule has 140 valence electrons. The van der Waals surface area contributed by atoms with Gasteiger partial charge < -0.3 is 10.6 Å². The molecule has 0 spiro atoms. The van der Waals surface area contributed by atoms with Gasteiger partial charge in [-0.2, -0.15) is 0 Å². The first kappa shape index (κ1) is 18.8. The van der Waals surface area contributed by atoms with Crippen LogP contribution in [0.5, 0.6) is 0 Å². The van der Waals surface area contributed by atoms with Crippen LogP contribution in [-0.2, 0) is 0 Å². The highest BCUT2D eigenvalue weighted by molar-refractivity contribution is 5.95. The van der Waals surface area contributed by atoms with Crippen LogP contribution in [0.3, 0.4) is 0 Å². The molecule has 0 aliphatic heterocycles. The highest BCUT2D eigenvalue weighted by atomic mass is 16.2. The van der Waals surface area contributed by atoms with Crippen LogP contribution in [0.25, 0.3) is 0 Å². The monoisotopic (exact) mass is 364 g/mol. The number of amides is 1. The largest absolute Gasteiger partial charge is 0.350 e. The summed E-state index contributed by atoms with van der Waals surface area (Å²) in [6.45, 7) is 2.14. The van der Waals surface area contributed by atoms with E-state index in [0.29, 0.717) is 17.9 Å². The van der Waals surface area contributed by atoms with Crippen molar-refractivity contribution in [3.8, 4) is 0 Å². The Morgan fingerprint density at radius 1 is 1.11 bits per heavy atom. The number of aromatic nitrogens is 2. The molecule has 6 nitrogen and oxygen atoms in total. The molecule has 1 aliphatic carbocycles. The second-order valence-corrected chi connectivity index (χ2v) is 6.68. The van der Waals surface area contributed by atoms with Crippen molar-refractivity contribution in [2.45, 2.75) is 39.0 Å². The second kappa shape index (κ2) is 9.07. The van der Waals surface area contributed by atoms with Gasteiger partial charge in [0.1, 0.15) is 0 Å². The van der Waals surface area contributed by atoms with Crippen molar-refractivity contribution in [1.29, 1.82) is 0 Å². The molecular weight excluding hydrogens is 340 g/mol. The number of rotatable bonds is 7. The Kier molecular flexibility index (Phi) is 6.30. The molecule has 1 heterocycles. The minimum Gasteiger partial charge on any atom is -0.350 e. The molecule has 2 N–H and O–H groups in total. The summed E-state index contributed by atoms with van der Waals surface area (Å²) in [6.07, 6.45) is 7.99. The van der Waals surface area contributed by atoms with Crippen molar-refractivity contribution in [1.82, 2.24) is 15.5 Å². The van der Waals surface area contributed by atoms with E-state index in [1.54, 1.807) is 30.3 Å². The van der Waals surface area contributed by atoms with Gasteiger partial charge in [-0.05, 0) is 63.3 Å². The minimum absolute atomic E-state index is 0.000688. The topological polar surface area (TPSA) is 84.0 Å². The number of carbonyl (C=O) groups is 2. The van der Waals surface area contributed by atoms with Crippen LogP contribution in [0.4, 0.5) is 11.5 Å². The number of Topliss-reactive ketones (excluding diaryl/α,β-unsaturated/α-hetero) is 1. The second-order valence-electron chi connectivity index (χ2n) is 6.68. The zero-order valence-electron chi connectivity index (χ0n) is 15.5. The molecule has 0 radical (unpaired) electrons. The van der Waals surface area contributed by atoms with Crippen molar-refractivity contribution >= 4 is 23.2 Å². The third kappa shape index (κ3) is 5.48. The maximum atomic E-state index is 12.2. The Hall–Kier alpha value is -3.02. The number of carbonyl (C=O) groups excluding carboxylic acids is 2. The van der Waals surface area contributed by atoms with Crippen molar-refractivity contribution in [3.63, 3.8) is 0 Å². The fourth-order valence-corrected chi connectivity index (χ4v) is 3.04. The average molecular weight is 364 g/mol. The number of anilines is 2. The van der Waals surface area contributed by atoms with Gasteiger partial charge in [0.2, 0.25) is 0 Å². The molecule has 0 unspecified atom stereocenters. The molecule has 1 aromatic heterocycles. The van der Waals surface area contributed by atoms with Crippen molar-refractivity contribution in [2.24, 2.45) is 0 Å². The van der Waals surface area contributed by atoms with Crippen LogP contribution >= 0.6 is 0 Å².